The van der Waals surface area contributed by atoms with Crippen molar-refractivity contribution in [1.29, 1.82) is 0 Å². The van der Waals surface area contributed by atoms with Crippen LogP contribution in [0.5, 0.6) is 28.7 Å². The van der Waals surface area contributed by atoms with Crippen molar-refractivity contribution in [2.24, 2.45) is 0 Å². The van der Waals surface area contributed by atoms with Gasteiger partial charge in [-0.15, -0.1) is 0 Å². The fourth-order valence-corrected chi connectivity index (χ4v) is 4.34. The molecule has 2 heterocycles. The highest BCUT2D eigenvalue weighted by Crippen LogP contribution is 2.48. The average Bonchev–Trinajstić information content (AvgIpc) is 2.83. The number of phenols is 2. The first-order chi connectivity index (χ1) is 16.4. The molecule has 4 aromatic rings. The lowest BCUT2D eigenvalue weighted by Crippen LogP contribution is -2.22. The summed E-state index contributed by atoms with van der Waals surface area (Å²) in [6.07, 6.45) is 1.29. The number of carbonyl (C=O) groups is 1. The topological polar surface area (TPSA) is 115 Å². The molecule has 0 saturated heterocycles. The molecule has 1 atom stereocenters. The first-order valence-electron chi connectivity index (χ1n) is 10.4. The zero-order valence-electron chi connectivity index (χ0n) is 18.3. The Kier molecular flexibility index (Phi) is 5.13. The van der Waals surface area contributed by atoms with Crippen LogP contribution in [0.1, 0.15) is 23.5 Å². The second kappa shape index (κ2) is 8.15. The van der Waals surface area contributed by atoms with Gasteiger partial charge in [-0.05, 0) is 23.8 Å². The second-order valence-corrected chi connectivity index (χ2v) is 7.88. The highest BCUT2D eigenvalue weighted by atomic mass is 16.5. The molecule has 3 aromatic carbocycles. The summed E-state index contributed by atoms with van der Waals surface area (Å²) >= 11 is 0. The minimum atomic E-state index is -0.553. The van der Waals surface area contributed by atoms with Gasteiger partial charge in [-0.2, -0.15) is 0 Å². The number of hydrogen-bond donors (Lipinski definition) is 2. The Balaban J connectivity index is 1.77. The van der Waals surface area contributed by atoms with E-state index in [9.17, 15) is 19.8 Å². The highest BCUT2D eigenvalue weighted by Gasteiger charge is 2.35. The molecular formula is C26H20O8. The molecule has 0 unspecified atom stereocenters. The van der Waals surface area contributed by atoms with Gasteiger partial charge < -0.3 is 28.8 Å². The van der Waals surface area contributed by atoms with Crippen LogP contribution in [-0.2, 0) is 4.79 Å². The third-order valence-electron chi connectivity index (χ3n) is 5.96. The molecule has 0 bridgehead atoms. The van der Waals surface area contributed by atoms with Crippen LogP contribution in [0.15, 0.2) is 64.0 Å². The van der Waals surface area contributed by atoms with E-state index < -0.39 is 17.3 Å². The van der Waals surface area contributed by atoms with Gasteiger partial charge in [0, 0.05) is 29.2 Å². The predicted molar refractivity (Wildman–Crippen MR) is 123 cm³/mol. The SMILES string of the molecule is COc1ccc([C@H]2CC(=O)Oc3cc(O)c4c(=O)c(-c5ccc(O)cc5)coc4c32)c(OC)c1. The average molecular weight is 460 g/mol. The van der Waals surface area contributed by atoms with Gasteiger partial charge in [0.15, 0.2) is 0 Å². The lowest BCUT2D eigenvalue weighted by Gasteiger charge is -2.27. The van der Waals surface area contributed by atoms with Crippen molar-refractivity contribution >= 4 is 16.9 Å². The Morgan fingerprint density at radius 1 is 0.971 bits per heavy atom. The van der Waals surface area contributed by atoms with Crippen LogP contribution in [0.25, 0.3) is 22.1 Å². The zero-order valence-corrected chi connectivity index (χ0v) is 18.3. The fourth-order valence-electron chi connectivity index (χ4n) is 4.34. The minimum Gasteiger partial charge on any atom is -0.508 e. The van der Waals surface area contributed by atoms with Gasteiger partial charge >= 0.3 is 5.97 Å². The van der Waals surface area contributed by atoms with E-state index in [4.69, 9.17) is 18.6 Å². The van der Waals surface area contributed by atoms with Crippen molar-refractivity contribution in [3.8, 4) is 39.9 Å². The van der Waals surface area contributed by atoms with Gasteiger partial charge in [0.25, 0.3) is 0 Å². The van der Waals surface area contributed by atoms with Gasteiger partial charge in [-0.3, -0.25) is 9.59 Å². The quantitative estimate of drug-likeness (QED) is 0.342. The Morgan fingerprint density at radius 3 is 2.44 bits per heavy atom. The molecule has 5 rings (SSSR count). The van der Waals surface area contributed by atoms with Crippen molar-refractivity contribution < 1.29 is 33.6 Å². The molecular weight excluding hydrogens is 440 g/mol. The van der Waals surface area contributed by atoms with Gasteiger partial charge in [-0.25, -0.2) is 0 Å². The van der Waals surface area contributed by atoms with Crippen LogP contribution in [-0.4, -0.2) is 30.4 Å². The van der Waals surface area contributed by atoms with Crippen molar-refractivity contribution in [1.82, 2.24) is 0 Å². The molecule has 0 saturated carbocycles. The summed E-state index contributed by atoms with van der Waals surface area (Å²) < 4.78 is 22.1. The fraction of sp³-hybridized carbons (Fsp3) is 0.154. The van der Waals surface area contributed by atoms with E-state index in [1.165, 1.54) is 31.6 Å². The Morgan fingerprint density at radius 2 is 1.74 bits per heavy atom. The molecule has 1 aliphatic heterocycles. The Hall–Kier alpha value is -4.46. The van der Waals surface area contributed by atoms with Gasteiger partial charge in [-0.1, -0.05) is 18.2 Å². The van der Waals surface area contributed by atoms with E-state index in [1.54, 1.807) is 37.4 Å². The molecule has 0 aliphatic carbocycles. The van der Waals surface area contributed by atoms with E-state index in [-0.39, 0.29) is 40.2 Å². The predicted octanol–water partition coefficient (Wildman–Crippen LogP) is 4.33. The molecule has 0 spiro atoms. The summed E-state index contributed by atoms with van der Waals surface area (Å²) in [5.74, 6) is -0.152. The number of methoxy groups -OCH3 is 2. The number of aromatic hydroxyl groups is 2. The molecule has 1 aliphatic rings. The molecule has 0 radical (unpaired) electrons. The summed E-state index contributed by atoms with van der Waals surface area (Å²) in [5, 5.41) is 20.2. The summed E-state index contributed by atoms with van der Waals surface area (Å²) in [6.45, 7) is 0. The van der Waals surface area contributed by atoms with Crippen molar-refractivity contribution in [2.45, 2.75) is 12.3 Å². The number of phenolic OH excluding ortho intramolecular Hbond substituents is 2. The molecule has 8 heteroatoms. The maximum absolute atomic E-state index is 13.4. The summed E-state index contributed by atoms with van der Waals surface area (Å²) in [6, 6.07) is 12.6. The maximum atomic E-state index is 13.4. The first-order valence-corrected chi connectivity index (χ1v) is 10.4. The molecule has 0 fully saturated rings. The lowest BCUT2D eigenvalue weighted by atomic mass is 9.84. The highest BCUT2D eigenvalue weighted by molar-refractivity contribution is 5.94. The van der Waals surface area contributed by atoms with E-state index >= 15 is 0 Å². The Bertz CT molecular complexity index is 1480. The minimum absolute atomic E-state index is 0.0149. The number of rotatable bonds is 4. The third-order valence-corrected chi connectivity index (χ3v) is 5.96. The van der Waals surface area contributed by atoms with Gasteiger partial charge in [0.1, 0.15) is 46.0 Å². The van der Waals surface area contributed by atoms with Crippen molar-refractivity contribution in [3.63, 3.8) is 0 Å². The van der Waals surface area contributed by atoms with Crippen LogP contribution in [0.2, 0.25) is 0 Å². The summed E-state index contributed by atoms with van der Waals surface area (Å²) in [4.78, 5) is 25.8. The molecule has 2 N–H and O–H groups in total. The monoisotopic (exact) mass is 460 g/mol. The van der Waals surface area contributed by atoms with Crippen LogP contribution in [0.3, 0.4) is 0 Å². The van der Waals surface area contributed by atoms with E-state index in [0.717, 1.165) is 0 Å². The second-order valence-electron chi connectivity index (χ2n) is 7.88. The molecule has 34 heavy (non-hydrogen) atoms. The first kappa shape index (κ1) is 21.4. The largest absolute Gasteiger partial charge is 0.508 e. The molecule has 172 valence electrons. The number of carbonyl (C=O) groups excluding carboxylic acids is 1. The van der Waals surface area contributed by atoms with Crippen molar-refractivity contribution in [3.05, 3.63) is 76.1 Å². The van der Waals surface area contributed by atoms with Gasteiger partial charge in [0.05, 0.1) is 26.2 Å². The van der Waals surface area contributed by atoms with Crippen molar-refractivity contribution in [2.75, 3.05) is 14.2 Å². The van der Waals surface area contributed by atoms with Crippen LogP contribution < -0.4 is 19.6 Å². The number of ether oxygens (including phenoxy) is 3. The standard InChI is InChI=1S/C26H20O8/c1-31-15-7-8-16(20(9-15)32-2)17-10-22(29)34-21-11-19(28)24-25(30)18(12-33-26(24)23(17)21)13-3-5-14(27)6-4-13/h3-9,11-12,17,27-28H,10H2,1-2H3/t17-/m1/s1. The molecule has 8 nitrogen and oxygen atoms in total. The normalized spacial score (nSPS) is 15.0. The molecule has 0 amide bonds. The third kappa shape index (κ3) is 3.40. The van der Waals surface area contributed by atoms with E-state index in [1.807, 2.05) is 0 Å². The zero-order chi connectivity index (χ0) is 24.0. The van der Waals surface area contributed by atoms with E-state index in [2.05, 4.69) is 0 Å². The number of fused-ring (bicyclic) bond motifs is 3. The van der Waals surface area contributed by atoms with Crippen LogP contribution in [0, 0.1) is 0 Å². The van der Waals surface area contributed by atoms with Crippen LogP contribution >= 0.6 is 0 Å². The summed E-state index contributed by atoms with van der Waals surface area (Å²) in [7, 11) is 3.05. The van der Waals surface area contributed by atoms with Crippen LogP contribution in [0.4, 0.5) is 0 Å². The number of esters is 1. The number of hydrogen-bond acceptors (Lipinski definition) is 8. The number of benzene rings is 3. The lowest BCUT2D eigenvalue weighted by molar-refractivity contribution is -0.135. The summed E-state index contributed by atoms with van der Waals surface area (Å²) in [5.41, 5.74) is 1.55. The Labute approximate surface area is 193 Å². The van der Waals surface area contributed by atoms with E-state index in [0.29, 0.717) is 28.2 Å². The maximum Gasteiger partial charge on any atom is 0.312 e. The van der Waals surface area contributed by atoms with Gasteiger partial charge in [0.2, 0.25) is 5.43 Å². The molecule has 1 aromatic heterocycles. The smallest absolute Gasteiger partial charge is 0.312 e.